The van der Waals surface area contributed by atoms with E-state index in [9.17, 15) is 4.79 Å². The molecule has 0 aliphatic rings. The summed E-state index contributed by atoms with van der Waals surface area (Å²) in [5, 5.41) is 12.2. The van der Waals surface area contributed by atoms with Gasteiger partial charge in [0.2, 0.25) is 0 Å². The molecule has 0 bridgehead atoms. The monoisotopic (exact) mass is 263 g/mol. The van der Waals surface area contributed by atoms with Crippen molar-refractivity contribution in [3.05, 3.63) is 46.9 Å². The number of aromatic carboxylic acids is 1. The fraction of sp³-hybridized carbons (Fsp3) is 0.0833. The van der Waals surface area contributed by atoms with E-state index in [0.717, 1.165) is 5.56 Å². The lowest BCUT2D eigenvalue weighted by atomic mass is 10.2. The summed E-state index contributed by atoms with van der Waals surface area (Å²) in [6.07, 6.45) is 2.53. The molecule has 0 aliphatic carbocycles. The first-order chi connectivity index (χ1) is 8.56. The molecule has 2 aromatic rings. The van der Waals surface area contributed by atoms with Gasteiger partial charge in [-0.1, -0.05) is 17.7 Å². The van der Waals surface area contributed by atoms with Gasteiger partial charge >= 0.3 is 5.97 Å². The van der Waals surface area contributed by atoms with E-state index in [2.05, 4.69) is 15.3 Å². The third kappa shape index (κ3) is 2.75. The van der Waals surface area contributed by atoms with E-state index in [1.165, 1.54) is 12.4 Å². The standard InChI is InChI=1S/C12H10ClN3O2/c1-7-2-3-9(8(13)4-7)16-11-6-14-10(5-15-11)12(17)18/h2-6H,1H3,(H,15,16)(H,17,18). The number of nitrogens with zero attached hydrogens (tertiary/aromatic N) is 2. The smallest absolute Gasteiger partial charge is 0.356 e. The summed E-state index contributed by atoms with van der Waals surface area (Å²) in [6.45, 7) is 1.94. The van der Waals surface area contributed by atoms with Gasteiger partial charge in [-0.05, 0) is 24.6 Å². The Morgan fingerprint density at radius 1 is 1.33 bits per heavy atom. The van der Waals surface area contributed by atoms with E-state index in [1.54, 1.807) is 0 Å². The second kappa shape index (κ2) is 5.01. The highest BCUT2D eigenvalue weighted by molar-refractivity contribution is 6.33. The molecule has 92 valence electrons. The summed E-state index contributed by atoms with van der Waals surface area (Å²) in [5.74, 6) is -0.673. The molecule has 0 unspecified atom stereocenters. The van der Waals surface area contributed by atoms with Crippen LogP contribution in [0.15, 0.2) is 30.6 Å². The Bertz CT molecular complexity index is 584. The third-order valence-electron chi connectivity index (χ3n) is 2.26. The molecule has 0 radical (unpaired) electrons. The minimum absolute atomic E-state index is 0.101. The number of halogens is 1. The highest BCUT2D eigenvalue weighted by Gasteiger charge is 2.06. The maximum Gasteiger partial charge on any atom is 0.356 e. The molecule has 0 saturated carbocycles. The Hall–Kier alpha value is -2.14. The molecule has 1 heterocycles. The normalized spacial score (nSPS) is 10.1. The van der Waals surface area contributed by atoms with Crippen molar-refractivity contribution in [1.29, 1.82) is 0 Å². The van der Waals surface area contributed by atoms with Gasteiger partial charge in [-0.3, -0.25) is 0 Å². The van der Waals surface area contributed by atoms with Crippen molar-refractivity contribution in [2.75, 3.05) is 5.32 Å². The van der Waals surface area contributed by atoms with Crippen LogP contribution >= 0.6 is 11.6 Å². The Balaban J connectivity index is 2.21. The van der Waals surface area contributed by atoms with Crippen LogP contribution in [0.1, 0.15) is 16.1 Å². The molecule has 1 aromatic heterocycles. The number of carbonyl (C=O) groups is 1. The summed E-state index contributed by atoms with van der Waals surface area (Å²) < 4.78 is 0. The molecule has 5 nitrogen and oxygen atoms in total. The van der Waals surface area contributed by atoms with Gasteiger partial charge in [0.1, 0.15) is 5.82 Å². The van der Waals surface area contributed by atoms with Crippen LogP contribution < -0.4 is 5.32 Å². The second-order valence-electron chi connectivity index (χ2n) is 3.70. The van der Waals surface area contributed by atoms with E-state index in [4.69, 9.17) is 16.7 Å². The number of hydrogen-bond donors (Lipinski definition) is 2. The number of carboxylic acid groups (broad SMARTS) is 1. The van der Waals surface area contributed by atoms with Crippen molar-refractivity contribution in [2.24, 2.45) is 0 Å². The largest absolute Gasteiger partial charge is 0.476 e. The van der Waals surface area contributed by atoms with E-state index in [0.29, 0.717) is 16.5 Å². The van der Waals surface area contributed by atoms with Crippen LogP contribution in [-0.4, -0.2) is 21.0 Å². The highest BCUT2D eigenvalue weighted by Crippen LogP contribution is 2.25. The van der Waals surface area contributed by atoms with Crippen molar-refractivity contribution < 1.29 is 9.90 Å². The van der Waals surface area contributed by atoms with Gasteiger partial charge in [0.15, 0.2) is 5.69 Å². The lowest BCUT2D eigenvalue weighted by Gasteiger charge is -2.07. The molecule has 0 aliphatic heterocycles. The molecule has 2 rings (SSSR count). The number of aromatic nitrogens is 2. The average Bonchev–Trinajstić information content (AvgIpc) is 2.33. The Morgan fingerprint density at radius 3 is 2.67 bits per heavy atom. The number of aryl methyl sites for hydroxylation is 1. The highest BCUT2D eigenvalue weighted by atomic mass is 35.5. The summed E-state index contributed by atoms with van der Waals surface area (Å²) in [7, 11) is 0. The molecular formula is C12H10ClN3O2. The van der Waals surface area contributed by atoms with Crippen molar-refractivity contribution in [3.63, 3.8) is 0 Å². The van der Waals surface area contributed by atoms with Crippen LogP contribution in [0.4, 0.5) is 11.5 Å². The Kier molecular flexibility index (Phi) is 3.43. The minimum Gasteiger partial charge on any atom is -0.476 e. The maximum absolute atomic E-state index is 10.6. The topological polar surface area (TPSA) is 75.1 Å². The van der Waals surface area contributed by atoms with Crippen LogP contribution in [0.25, 0.3) is 0 Å². The number of anilines is 2. The van der Waals surface area contributed by atoms with Crippen LogP contribution in [0, 0.1) is 6.92 Å². The summed E-state index contributed by atoms with van der Waals surface area (Å²) in [6, 6.07) is 5.56. The first-order valence-corrected chi connectivity index (χ1v) is 5.52. The van der Waals surface area contributed by atoms with Gasteiger partial charge in [0.05, 0.1) is 23.1 Å². The molecule has 0 amide bonds. The van der Waals surface area contributed by atoms with Crippen LogP contribution in [0.5, 0.6) is 0 Å². The van der Waals surface area contributed by atoms with Crippen LogP contribution in [0.2, 0.25) is 5.02 Å². The molecule has 1 aromatic carbocycles. The van der Waals surface area contributed by atoms with Gasteiger partial charge in [-0.2, -0.15) is 0 Å². The average molecular weight is 264 g/mol. The predicted octanol–water partition coefficient (Wildman–Crippen LogP) is 2.88. The third-order valence-corrected chi connectivity index (χ3v) is 2.57. The van der Waals surface area contributed by atoms with Crippen LogP contribution in [-0.2, 0) is 0 Å². The van der Waals surface area contributed by atoms with Gasteiger partial charge < -0.3 is 10.4 Å². The Labute approximate surface area is 108 Å². The number of hydrogen-bond acceptors (Lipinski definition) is 4. The van der Waals surface area contributed by atoms with Gasteiger partial charge in [-0.15, -0.1) is 0 Å². The quantitative estimate of drug-likeness (QED) is 0.891. The molecule has 0 saturated heterocycles. The van der Waals surface area contributed by atoms with Gasteiger partial charge in [0.25, 0.3) is 0 Å². The van der Waals surface area contributed by atoms with Crippen molar-refractivity contribution in [3.8, 4) is 0 Å². The zero-order valence-corrected chi connectivity index (χ0v) is 10.3. The van der Waals surface area contributed by atoms with E-state index in [1.807, 2.05) is 25.1 Å². The number of benzene rings is 1. The lowest BCUT2D eigenvalue weighted by molar-refractivity contribution is 0.0690. The fourth-order valence-electron chi connectivity index (χ4n) is 1.36. The van der Waals surface area contributed by atoms with Gasteiger partial charge in [0, 0.05) is 0 Å². The number of carboxylic acids is 1. The van der Waals surface area contributed by atoms with E-state index >= 15 is 0 Å². The number of nitrogens with one attached hydrogen (secondary N) is 1. The SMILES string of the molecule is Cc1ccc(Nc2cnc(C(=O)O)cn2)c(Cl)c1. The molecule has 18 heavy (non-hydrogen) atoms. The van der Waals surface area contributed by atoms with Gasteiger partial charge in [-0.25, -0.2) is 14.8 Å². The summed E-state index contributed by atoms with van der Waals surface area (Å²) in [5.41, 5.74) is 1.65. The molecular weight excluding hydrogens is 254 g/mol. The first-order valence-electron chi connectivity index (χ1n) is 5.15. The molecule has 0 atom stereocenters. The summed E-state index contributed by atoms with van der Waals surface area (Å²) in [4.78, 5) is 18.3. The first kappa shape index (κ1) is 12.3. The van der Waals surface area contributed by atoms with Crippen molar-refractivity contribution in [1.82, 2.24) is 9.97 Å². The summed E-state index contributed by atoms with van der Waals surface area (Å²) >= 11 is 6.06. The zero-order chi connectivity index (χ0) is 13.1. The molecule has 0 spiro atoms. The predicted molar refractivity (Wildman–Crippen MR) is 68.5 cm³/mol. The number of rotatable bonds is 3. The maximum atomic E-state index is 10.6. The fourth-order valence-corrected chi connectivity index (χ4v) is 1.64. The van der Waals surface area contributed by atoms with Crippen LogP contribution in [0.3, 0.4) is 0 Å². The Morgan fingerprint density at radius 2 is 2.11 bits per heavy atom. The van der Waals surface area contributed by atoms with Crippen molar-refractivity contribution >= 4 is 29.1 Å². The zero-order valence-electron chi connectivity index (χ0n) is 9.51. The second-order valence-corrected chi connectivity index (χ2v) is 4.11. The molecule has 6 heteroatoms. The van der Waals surface area contributed by atoms with E-state index in [-0.39, 0.29) is 5.69 Å². The molecule has 2 N–H and O–H groups in total. The molecule has 0 fully saturated rings. The minimum atomic E-state index is -1.11. The van der Waals surface area contributed by atoms with E-state index < -0.39 is 5.97 Å². The lowest BCUT2D eigenvalue weighted by Crippen LogP contribution is -2.02. The van der Waals surface area contributed by atoms with Crippen molar-refractivity contribution in [2.45, 2.75) is 6.92 Å².